The summed E-state index contributed by atoms with van der Waals surface area (Å²) in [5.74, 6) is 0. The Morgan fingerprint density at radius 3 is 2.38 bits per heavy atom. The fourth-order valence-corrected chi connectivity index (χ4v) is 1.50. The molecule has 0 saturated heterocycles. The Bertz CT molecular complexity index is 393. The van der Waals surface area contributed by atoms with Crippen LogP contribution in [-0.4, -0.2) is 5.43 Å². The average molecular weight is 273 g/mol. The molecule has 7 heteroatoms. The van der Waals surface area contributed by atoms with Crippen molar-refractivity contribution in [2.45, 2.75) is 11.7 Å². The van der Waals surface area contributed by atoms with Crippen LogP contribution < -0.4 is 0 Å². The molecule has 0 heterocycles. The van der Waals surface area contributed by atoms with E-state index >= 15 is 0 Å². The van der Waals surface area contributed by atoms with Crippen molar-refractivity contribution in [1.82, 2.24) is 0 Å². The van der Waals surface area contributed by atoms with Gasteiger partial charge in [0.05, 0.1) is 5.56 Å². The quantitative estimate of drug-likeness (QED) is 0.592. The lowest BCUT2D eigenvalue weighted by atomic mass is 10.1. The van der Waals surface area contributed by atoms with Crippen LogP contribution >= 0.6 is 23.2 Å². The number of ether oxygens (including phenoxy) is 1. The van der Waals surface area contributed by atoms with E-state index < -0.39 is 22.7 Å². The SMILES string of the molecule is O=C(Cl)O[C@@H](Cl)c1ccccc1C(F)(F)F. The van der Waals surface area contributed by atoms with Gasteiger partial charge in [-0.25, -0.2) is 4.79 Å². The third kappa shape index (κ3) is 3.28. The molecule has 2 nitrogen and oxygen atoms in total. The second kappa shape index (κ2) is 4.93. The van der Waals surface area contributed by atoms with Gasteiger partial charge in [-0.3, -0.25) is 0 Å². The lowest BCUT2D eigenvalue weighted by Gasteiger charge is -2.15. The predicted octanol–water partition coefficient (Wildman–Crippen LogP) is 4.32. The summed E-state index contributed by atoms with van der Waals surface area (Å²) in [4.78, 5) is 10.4. The van der Waals surface area contributed by atoms with Crippen LogP contribution in [0.3, 0.4) is 0 Å². The first-order valence-corrected chi connectivity index (χ1v) is 4.80. The second-order valence-corrected chi connectivity index (χ2v) is 3.46. The van der Waals surface area contributed by atoms with Crippen molar-refractivity contribution in [1.29, 1.82) is 0 Å². The lowest BCUT2D eigenvalue weighted by Crippen LogP contribution is -2.11. The summed E-state index contributed by atoms with van der Waals surface area (Å²) in [6, 6.07) is 4.51. The molecule has 0 spiro atoms. The third-order valence-corrected chi connectivity index (χ3v) is 2.12. The van der Waals surface area contributed by atoms with Gasteiger partial charge in [-0.15, -0.1) is 0 Å². The maximum atomic E-state index is 12.5. The van der Waals surface area contributed by atoms with Crippen LogP contribution in [0.1, 0.15) is 16.7 Å². The summed E-state index contributed by atoms with van der Waals surface area (Å²) in [5.41, 5.74) is -4.15. The number of benzene rings is 1. The zero-order chi connectivity index (χ0) is 12.3. The van der Waals surface area contributed by atoms with Gasteiger partial charge >= 0.3 is 11.6 Å². The van der Waals surface area contributed by atoms with Gasteiger partial charge < -0.3 is 4.74 Å². The maximum Gasteiger partial charge on any atom is 0.416 e. The molecule has 0 aliphatic rings. The molecule has 0 fully saturated rings. The van der Waals surface area contributed by atoms with Gasteiger partial charge in [0, 0.05) is 17.2 Å². The van der Waals surface area contributed by atoms with Gasteiger partial charge in [0.25, 0.3) is 0 Å². The zero-order valence-electron chi connectivity index (χ0n) is 7.59. The number of alkyl halides is 4. The molecule has 0 bridgehead atoms. The van der Waals surface area contributed by atoms with E-state index in [0.29, 0.717) is 0 Å². The summed E-state index contributed by atoms with van der Waals surface area (Å²) >= 11 is 10.3. The van der Waals surface area contributed by atoms with Gasteiger partial charge in [-0.05, 0) is 6.07 Å². The number of hydrogen-bond acceptors (Lipinski definition) is 2. The number of carbonyl (C=O) groups is 1. The molecule has 1 aromatic carbocycles. The van der Waals surface area contributed by atoms with Crippen LogP contribution in [0.15, 0.2) is 24.3 Å². The van der Waals surface area contributed by atoms with E-state index in [0.717, 1.165) is 12.1 Å². The Balaban J connectivity index is 3.08. The van der Waals surface area contributed by atoms with Crippen molar-refractivity contribution >= 4 is 28.6 Å². The summed E-state index contributed by atoms with van der Waals surface area (Å²) in [5, 5.41) is 0. The minimum absolute atomic E-state index is 0.356. The van der Waals surface area contributed by atoms with Crippen molar-refractivity contribution in [3.63, 3.8) is 0 Å². The van der Waals surface area contributed by atoms with Crippen molar-refractivity contribution < 1.29 is 22.7 Å². The first-order valence-electron chi connectivity index (χ1n) is 3.98. The van der Waals surface area contributed by atoms with Crippen LogP contribution in [-0.2, 0) is 10.9 Å². The highest BCUT2D eigenvalue weighted by atomic mass is 35.5. The standard InChI is InChI=1S/C9H5Cl2F3O2/c10-7(16-8(11)15)5-3-1-2-4-6(5)9(12,13)14/h1-4,7H/t7-/m1/s1. The summed E-state index contributed by atoms with van der Waals surface area (Å²) in [6.45, 7) is 0. The van der Waals surface area contributed by atoms with Crippen LogP contribution in [0, 0.1) is 0 Å². The van der Waals surface area contributed by atoms with E-state index in [1.54, 1.807) is 0 Å². The fourth-order valence-electron chi connectivity index (χ4n) is 1.10. The van der Waals surface area contributed by atoms with Crippen molar-refractivity contribution in [2.24, 2.45) is 0 Å². The predicted molar refractivity (Wildman–Crippen MR) is 52.4 cm³/mol. The highest BCUT2D eigenvalue weighted by molar-refractivity contribution is 6.61. The zero-order valence-corrected chi connectivity index (χ0v) is 9.10. The highest BCUT2D eigenvalue weighted by Gasteiger charge is 2.35. The smallest absolute Gasteiger partial charge is 0.416 e. The van der Waals surface area contributed by atoms with Gasteiger partial charge in [-0.1, -0.05) is 29.8 Å². The Morgan fingerprint density at radius 1 is 1.31 bits per heavy atom. The first-order chi connectivity index (χ1) is 7.32. The summed E-state index contributed by atoms with van der Waals surface area (Å²) < 4.78 is 41.8. The van der Waals surface area contributed by atoms with E-state index in [2.05, 4.69) is 4.74 Å². The van der Waals surface area contributed by atoms with Gasteiger partial charge in [0.1, 0.15) is 0 Å². The van der Waals surface area contributed by atoms with Gasteiger partial charge in [0.15, 0.2) is 0 Å². The van der Waals surface area contributed by atoms with E-state index in [-0.39, 0.29) is 5.56 Å². The van der Waals surface area contributed by atoms with E-state index in [1.807, 2.05) is 0 Å². The third-order valence-electron chi connectivity index (χ3n) is 1.71. The molecular formula is C9H5Cl2F3O2. The maximum absolute atomic E-state index is 12.5. The lowest BCUT2D eigenvalue weighted by molar-refractivity contribution is -0.138. The van der Waals surface area contributed by atoms with Gasteiger partial charge in [0.2, 0.25) is 5.56 Å². The number of rotatable bonds is 2. The van der Waals surface area contributed by atoms with Gasteiger partial charge in [-0.2, -0.15) is 13.2 Å². The number of hydrogen-bond donors (Lipinski definition) is 0. The molecule has 1 atom stereocenters. The first kappa shape index (κ1) is 13.1. The average Bonchev–Trinajstić information content (AvgIpc) is 2.15. The molecule has 0 N–H and O–H groups in total. The minimum atomic E-state index is -4.57. The largest absolute Gasteiger partial charge is 0.429 e. The van der Waals surface area contributed by atoms with Crippen LogP contribution in [0.25, 0.3) is 0 Å². The molecule has 1 rings (SSSR count). The van der Waals surface area contributed by atoms with Crippen LogP contribution in [0.2, 0.25) is 0 Å². The van der Waals surface area contributed by atoms with Crippen molar-refractivity contribution in [3.8, 4) is 0 Å². The summed E-state index contributed by atoms with van der Waals surface area (Å²) in [6.07, 6.45) is -4.57. The molecule has 0 aromatic heterocycles. The highest BCUT2D eigenvalue weighted by Crippen LogP contribution is 2.36. The normalized spacial score (nSPS) is 13.3. The molecular weight excluding hydrogens is 268 g/mol. The van der Waals surface area contributed by atoms with Crippen LogP contribution in [0.4, 0.5) is 18.0 Å². The molecule has 1 aromatic rings. The number of halogens is 5. The molecule has 0 amide bonds. The monoisotopic (exact) mass is 272 g/mol. The summed E-state index contributed by atoms with van der Waals surface area (Å²) in [7, 11) is 0. The Morgan fingerprint density at radius 2 is 1.88 bits per heavy atom. The molecule has 0 aliphatic carbocycles. The topological polar surface area (TPSA) is 26.3 Å². The Labute approximate surface area is 98.9 Å². The Kier molecular flexibility index (Phi) is 4.04. The van der Waals surface area contributed by atoms with E-state index in [9.17, 15) is 18.0 Å². The fraction of sp³-hybridized carbons (Fsp3) is 0.222. The Hall–Kier alpha value is -0.940. The molecule has 0 aliphatic heterocycles. The van der Waals surface area contributed by atoms with Crippen LogP contribution in [0.5, 0.6) is 0 Å². The molecule has 16 heavy (non-hydrogen) atoms. The minimum Gasteiger partial charge on any atom is -0.429 e. The van der Waals surface area contributed by atoms with Crippen molar-refractivity contribution in [3.05, 3.63) is 35.4 Å². The molecule has 0 saturated carbocycles. The molecule has 88 valence electrons. The van der Waals surface area contributed by atoms with Crippen molar-refractivity contribution in [2.75, 3.05) is 0 Å². The van der Waals surface area contributed by atoms with E-state index in [4.69, 9.17) is 23.2 Å². The second-order valence-electron chi connectivity index (χ2n) is 2.76. The molecule has 0 radical (unpaired) electrons. The number of carbonyl (C=O) groups excluding carboxylic acids is 1. The van der Waals surface area contributed by atoms with E-state index in [1.165, 1.54) is 12.1 Å². The molecule has 0 unspecified atom stereocenters.